The number of carbonyl (C=O) groups excluding carboxylic acids is 2. The highest BCUT2D eigenvalue weighted by atomic mass is 16.5. The van der Waals surface area contributed by atoms with Crippen LogP contribution in [0.1, 0.15) is 46.2 Å². The van der Waals surface area contributed by atoms with E-state index in [1.165, 1.54) is 14.2 Å². The number of fused-ring (bicyclic) bond motifs is 2. The molecule has 246 valence electrons. The number of esters is 2. The normalized spacial score (nSPS) is 13.2. The lowest BCUT2D eigenvalue weighted by atomic mass is 9.96. The van der Waals surface area contributed by atoms with Crippen LogP contribution in [0.15, 0.2) is 49.1 Å². The lowest BCUT2D eigenvalue weighted by molar-refractivity contribution is -0.143. The molecule has 0 radical (unpaired) electrons. The molecule has 0 spiro atoms. The molecular formula is C36H38N8O4. The Bertz CT molecular complexity index is 2210. The lowest BCUT2D eigenvalue weighted by Gasteiger charge is -2.14. The van der Waals surface area contributed by atoms with Gasteiger partial charge in [-0.25, -0.2) is 19.9 Å². The van der Waals surface area contributed by atoms with Crippen LogP contribution in [0.5, 0.6) is 0 Å². The Kier molecular flexibility index (Phi) is 8.50. The summed E-state index contributed by atoms with van der Waals surface area (Å²) in [5.74, 6) is 1.09. The number of aryl methyl sites for hydroxylation is 6. The van der Waals surface area contributed by atoms with Gasteiger partial charge in [-0.1, -0.05) is 12.1 Å². The van der Waals surface area contributed by atoms with Crippen LogP contribution < -0.4 is 0 Å². The number of ether oxygens (including phenoxy) is 2. The molecule has 6 aromatic heterocycles. The van der Waals surface area contributed by atoms with Gasteiger partial charge in [0.1, 0.15) is 22.4 Å². The second-order valence-electron chi connectivity index (χ2n) is 12.4. The second kappa shape index (κ2) is 12.6. The summed E-state index contributed by atoms with van der Waals surface area (Å²) in [6.45, 7) is 7.95. The van der Waals surface area contributed by atoms with Crippen LogP contribution in [0.3, 0.4) is 0 Å². The van der Waals surface area contributed by atoms with E-state index in [4.69, 9.17) is 9.72 Å². The van der Waals surface area contributed by atoms with Crippen molar-refractivity contribution in [2.45, 2.75) is 52.4 Å². The zero-order chi connectivity index (χ0) is 34.3. The number of hydrogen-bond acceptors (Lipinski definition) is 10. The molecule has 0 aromatic carbocycles. The molecule has 6 heterocycles. The van der Waals surface area contributed by atoms with E-state index in [2.05, 4.69) is 29.7 Å². The minimum Gasteiger partial charge on any atom is -0.469 e. The average molecular weight is 647 g/mol. The van der Waals surface area contributed by atoms with E-state index in [1.807, 2.05) is 87.6 Å². The van der Waals surface area contributed by atoms with Gasteiger partial charge >= 0.3 is 11.9 Å². The van der Waals surface area contributed by atoms with Gasteiger partial charge in [-0.2, -0.15) is 0 Å². The van der Waals surface area contributed by atoms with Crippen molar-refractivity contribution in [1.29, 1.82) is 0 Å². The fourth-order valence-corrected chi connectivity index (χ4v) is 5.98. The van der Waals surface area contributed by atoms with Crippen molar-refractivity contribution in [3.8, 4) is 23.0 Å². The number of pyridine rings is 4. The van der Waals surface area contributed by atoms with Crippen LogP contribution in [0.4, 0.5) is 0 Å². The third-order valence-electron chi connectivity index (χ3n) is 8.78. The van der Waals surface area contributed by atoms with Gasteiger partial charge in [-0.05, 0) is 86.1 Å². The van der Waals surface area contributed by atoms with Gasteiger partial charge in [0.2, 0.25) is 0 Å². The van der Waals surface area contributed by atoms with E-state index in [1.54, 1.807) is 12.4 Å². The average Bonchev–Trinajstić information content (AvgIpc) is 3.74. The molecule has 1 aliphatic rings. The molecule has 12 heteroatoms. The van der Waals surface area contributed by atoms with Gasteiger partial charge in [-0.3, -0.25) is 19.6 Å². The van der Waals surface area contributed by atoms with Crippen molar-refractivity contribution >= 4 is 34.3 Å². The third kappa shape index (κ3) is 5.89. The summed E-state index contributed by atoms with van der Waals surface area (Å²) in [4.78, 5) is 50.9. The van der Waals surface area contributed by atoms with Gasteiger partial charge in [0.05, 0.1) is 26.1 Å². The van der Waals surface area contributed by atoms with E-state index in [0.717, 1.165) is 91.6 Å². The Balaban J connectivity index is 0.000000168. The Morgan fingerprint density at radius 3 is 1.69 bits per heavy atom. The zero-order valence-corrected chi connectivity index (χ0v) is 28.5. The number of aromatic nitrogens is 8. The Hall–Kier alpha value is -5.52. The maximum absolute atomic E-state index is 12.1. The van der Waals surface area contributed by atoms with Crippen LogP contribution in [0, 0.1) is 27.7 Å². The summed E-state index contributed by atoms with van der Waals surface area (Å²) in [6.07, 6.45) is 8.98. The van der Waals surface area contributed by atoms with Gasteiger partial charge < -0.3 is 18.6 Å². The molecule has 1 fully saturated rings. The van der Waals surface area contributed by atoms with Crippen LogP contribution in [-0.4, -0.2) is 65.2 Å². The van der Waals surface area contributed by atoms with Crippen LogP contribution in [-0.2, 0) is 45.0 Å². The minimum atomic E-state index is -0.504. The molecule has 7 rings (SSSR count). The van der Waals surface area contributed by atoms with Crippen molar-refractivity contribution in [1.82, 2.24) is 39.0 Å². The number of rotatable bonds is 6. The Morgan fingerprint density at radius 1 is 0.708 bits per heavy atom. The first-order valence-electron chi connectivity index (χ1n) is 15.6. The van der Waals surface area contributed by atoms with E-state index in [9.17, 15) is 9.59 Å². The molecule has 0 unspecified atom stereocenters. The van der Waals surface area contributed by atoms with Crippen LogP contribution in [0.25, 0.3) is 45.4 Å². The van der Waals surface area contributed by atoms with Gasteiger partial charge in [-0.15, -0.1) is 0 Å². The largest absolute Gasteiger partial charge is 0.469 e. The molecule has 0 aliphatic heterocycles. The lowest BCUT2D eigenvalue weighted by Crippen LogP contribution is -2.22. The molecule has 48 heavy (non-hydrogen) atoms. The van der Waals surface area contributed by atoms with Gasteiger partial charge in [0, 0.05) is 38.9 Å². The van der Waals surface area contributed by atoms with E-state index in [0.29, 0.717) is 0 Å². The summed E-state index contributed by atoms with van der Waals surface area (Å²) in [5, 5.41) is 0. The molecule has 12 nitrogen and oxygen atoms in total. The smallest absolute Gasteiger partial charge is 0.316 e. The highest BCUT2D eigenvalue weighted by molar-refractivity contribution is 5.87. The molecular weight excluding hydrogens is 608 g/mol. The van der Waals surface area contributed by atoms with Crippen molar-refractivity contribution in [3.05, 3.63) is 82.4 Å². The fraction of sp³-hybridized carbons (Fsp3) is 0.333. The Morgan fingerprint density at radius 2 is 1.23 bits per heavy atom. The standard InChI is InChI=1S/C19H20N4O2.C17H18N4O2/c1-11-7-14-16(21-9-11)23(3)17(22-14)15-12(2)8-13(10-20-15)19(5-6-19)18(24)25-4;1-10-5-13-16(19-8-10)21(3)17(20-13)15-11(2)6-12(9-18-15)7-14(22)23-4/h7-10H,5-6H2,1-4H3;5-6,8-9H,7H2,1-4H3. The van der Waals surface area contributed by atoms with E-state index >= 15 is 0 Å². The van der Waals surface area contributed by atoms with Crippen molar-refractivity contribution in [3.63, 3.8) is 0 Å². The number of imidazole rings is 2. The second-order valence-corrected chi connectivity index (χ2v) is 12.4. The molecule has 0 N–H and O–H groups in total. The molecule has 6 aromatic rings. The number of hydrogen-bond donors (Lipinski definition) is 0. The third-order valence-corrected chi connectivity index (χ3v) is 8.78. The first kappa shape index (κ1) is 32.4. The van der Waals surface area contributed by atoms with Gasteiger partial charge in [0.25, 0.3) is 0 Å². The van der Waals surface area contributed by atoms with Crippen LogP contribution in [0.2, 0.25) is 0 Å². The maximum Gasteiger partial charge on any atom is 0.316 e. The van der Waals surface area contributed by atoms with Crippen molar-refractivity contribution in [2.75, 3.05) is 14.2 Å². The molecule has 0 bridgehead atoms. The maximum atomic E-state index is 12.1. The number of carbonyl (C=O) groups is 2. The van der Waals surface area contributed by atoms with Gasteiger partial charge in [0.15, 0.2) is 22.9 Å². The van der Waals surface area contributed by atoms with E-state index < -0.39 is 5.41 Å². The topological polar surface area (TPSA) is 140 Å². The molecule has 0 amide bonds. The predicted octanol–water partition coefficient (Wildman–Crippen LogP) is 5.21. The summed E-state index contributed by atoms with van der Waals surface area (Å²) in [7, 11) is 6.69. The SMILES string of the molecule is COC(=O)C1(c2cnc(-c3nc4cc(C)cnc4n3C)c(C)c2)CC1.COC(=O)Cc1cnc(-c2nc3cc(C)cnc3n2C)c(C)c1. The monoisotopic (exact) mass is 646 g/mol. The molecule has 0 saturated heterocycles. The summed E-state index contributed by atoms with van der Waals surface area (Å²) < 4.78 is 13.5. The predicted molar refractivity (Wildman–Crippen MR) is 181 cm³/mol. The van der Waals surface area contributed by atoms with Crippen molar-refractivity contribution < 1.29 is 19.1 Å². The molecule has 1 aliphatic carbocycles. The Labute approximate surface area is 278 Å². The van der Waals surface area contributed by atoms with Crippen molar-refractivity contribution in [2.24, 2.45) is 14.1 Å². The fourth-order valence-electron chi connectivity index (χ4n) is 5.98. The summed E-state index contributed by atoms with van der Waals surface area (Å²) in [5.41, 5.74) is 10.3. The molecule has 0 atom stereocenters. The number of nitrogens with zero attached hydrogens (tertiary/aromatic N) is 8. The highest BCUT2D eigenvalue weighted by Gasteiger charge is 2.53. The first-order chi connectivity index (χ1) is 22.9. The van der Waals surface area contributed by atoms with E-state index in [-0.39, 0.29) is 18.4 Å². The quantitative estimate of drug-likeness (QED) is 0.221. The van der Waals surface area contributed by atoms with Crippen LogP contribution >= 0.6 is 0 Å². The first-order valence-corrected chi connectivity index (χ1v) is 15.6. The zero-order valence-electron chi connectivity index (χ0n) is 28.5. The summed E-state index contributed by atoms with van der Waals surface area (Å²) >= 11 is 0. The summed E-state index contributed by atoms with van der Waals surface area (Å²) in [6, 6.07) is 8.00. The highest BCUT2D eigenvalue weighted by Crippen LogP contribution is 2.49. The minimum absolute atomic E-state index is 0.177. The number of methoxy groups -OCH3 is 2. The molecule has 1 saturated carbocycles.